The van der Waals surface area contributed by atoms with Crippen LogP contribution in [0.1, 0.15) is 34.6 Å². The summed E-state index contributed by atoms with van der Waals surface area (Å²) in [5.74, 6) is -0.228. The van der Waals surface area contributed by atoms with Gasteiger partial charge in [-0.05, 0) is 6.92 Å². The predicted molar refractivity (Wildman–Crippen MR) is 87.1 cm³/mol. The van der Waals surface area contributed by atoms with Crippen molar-refractivity contribution in [3.63, 3.8) is 0 Å². The molecule has 0 aliphatic carbocycles. The normalized spacial score (nSPS) is 12.4. The summed E-state index contributed by atoms with van der Waals surface area (Å²) in [7, 11) is 0.811. The van der Waals surface area contributed by atoms with Crippen LogP contribution in [0.2, 0.25) is 0 Å². The van der Waals surface area contributed by atoms with Crippen molar-refractivity contribution in [2.24, 2.45) is 0 Å². The zero-order chi connectivity index (χ0) is 14.2. The molecule has 0 aliphatic heterocycles. The highest BCUT2D eigenvalue weighted by Crippen LogP contribution is 2.47. The minimum Gasteiger partial charge on any atom is -0.465 e. The lowest BCUT2D eigenvalue weighted by atomic mass is 10.6. The number of hydrogen-bond donors (Lipinski definition) is 1. The standard InChI is InChI=1S/C11H22NO2PS3/c1-6-14-10(13)7-12-11(15-16,17-8(2)3)18-9(4)5/h8-9,12H,6-7H2,1-5H3. The van der Waals surface area contributed by atoms with E-state index in [-0.39, 0.29) is 16.5 Å². The molecule has 0 unspecified atom stereocenters. The lowest BCUT2D eigenvalue weighted by molar-refractivity contribution is -0.141. The molecule has 0 rings (SSSR count). The predicted octanol–water partition coefficient (Wildman–Crippen LogP) is 3.44. The van der Waals surface area contributed by atoms with Crippen molar-refractivity contribution in [3.8, 4) is 0 Å². The molecule has 0 aromatic heterocycles. The molecule has 0 saturated carbocycles. The fourth-order valence-electron chi connectivity index (χ4n) is 1.22. The van der Waals surface area contributed by atoms with Crippen LogP contribution in [0.3, 0.4) is 0 Å². The van der Waals surface area contributed by atoms with Gasteiger partial charge in [0.05, 0.1) is 13.2 Å². The average molecular weight is 327 g/mol. The van der Waals surface area contributed by atoms with Crippen LogP contribution in [-0.2, 0) is 21.3 Å². The number of nitrogens with one attached hydrogen (secondary N) is 1. The van der Waals surface area contributed by atoms with Gasteiger partial charge in [-0.25, -0.2) is 0 Å². The van der Waals surface area contributed by atoms with Gasteiger partial charge < -0.3 is 4.74 Å². The van der Waals surface area contributed by atoms with E-state index < -0.39 is 0 Å². The van der Waals surface area contributed by atoms with Crippen molar-refractivity contribution < 1.29 is 9.53 Å². The summed E-state index contributed by atoms with van der Waals surface area (Å²) in [6.45, 7) is 11.0. The summed E-state index contributed by atoms with van der Waals surface area (Å²) in [4.78, 5) is 11.4. The first-order valence-electron chi connectivity index (χ1n) is 5.96. The molecule has 7 heteroatoms. The van der Waals surface area contributed by atoms with Crippen LogP contribution >= 0.6 is 30.9 Å². The first-order chi connectivity index (χ1) is 8.35. The number of hydrogen-bond acceptors (Lipinski definition) is 6. The smallest absolute Gasteiger partial charge is 0.319 e. The van der Waals surface area contributed by atoms with Crippen LogP contribution in [0.15, 0.2) is 0 Å². The van der Waals surface area contributed by atoms with E-state index in [1.807, 2.05) is 6.92 Å². The van der Waals surface area contributed by atoms with Crippen LogP contribution in [0.4, 0.5) is 0 Å². The number of esters is 1. The van der Waals surface area contributed by atoms with Gasteiger partial charge >= 0.3 is 5.97 Å². The molecule has 0 aromatic rings. The molecule has 106 valence electrons. The van der Waals surface area contributed by atoms with E-state index in [1.165, 1.54) is 0 Å². The van der Waals surface area contributed by atoms with E-state index in [1.54, 1.807) is 23.5 Å². The molecule has 0 heterocycles. The molecule has 0 aromatic carbocycles. The van der Waals surface area contributed by atoms with E-state index >= 15 is 0 Å². The number of carbonyl (C=O) groups is 1. The molecule has 0 aliphatic rings. The van der Waals surface area contributed by atoms with Gasteiger partial charge in [0.2, 0.25) is 0 Å². The second-order valence-corrected chi connectivity index (χ2v) is 10.0. The van der Waals surface area contributed by atoms with Gasteiger partial charge in [-0.1, -0.05) is 39.5 Å². The molecule has 0 bridgehead atoms. The molecule has 0 spiro atoms. The average Bonchev–Trinajstić information content (AvgIpc) is 2.25. The Labute approximate surface area is 125 Å². The maximum absolute atomic E-state index is 11.4. The van der Waals surface area contributed by atoms with Crippen LogP contribution in [0, 0.1) is 0 Å². The maximum Gasteiger partial charge on any atom is 0.319 e. The molecule has 3 nitrogen and oxygen atoms in total. The molecule has 0 amide bonds. The van der Waals surface area contributed by atoms with Crippen molar-refractivity contribution in [1.29, 1.82) is 0 Å². The van der Waals surface area contributed by atoms with Crippen LogP contribution in [0.5, 0.6) is 0 Å². The zero-order valence-corrected chi connectivity index (χ0v) is 14.9. The highest BCUT2D eigenvalue weighted by atomic mass is 32.4. The molecule has 0 atom stereocenters. The molecule has 1 N–H and O–H groups in total. The number of rotatable bonds is 9. The van der Waals surface area contributed by atoms with Crippen molar-refractivity contribution in [2.45, 2.75) is 49.1 Å². The molecular formula is C11H22NO2PS3. The van der Waals surface area contributed by atoms with E-state index in [0.717, 1.165) is 7.36 Å². The fraction of sp³-hybridized carbons (Fsp3) is 0.909. The van der Waals surface area contributed by atoms with Crippen molar-refractivity contribution in [2.75, 3.05) is 13.2 Å². The summed E-state index contributed by atoms with van der Waals surface area (Å²) in [6, 6.07) is 0. The second-order valence-electron chi connectivity index (χ2n) is 4.16. The number of carbonyl (C=O) groups excluding carboxylic acids is 1. The summed E-state index contributed by atoms with van der Waals surface area (Å²) in [5.41, 5.74) is 0. The van der Waals surface area contributed by atoms with E-state index in [2.05, 4.69) is 33.0 Å². The third-order valence-corrected chi connectivity index (χ3v) is 7.21. The van der Waals surface area contributed by atoms with Gasteiger partial charge in [0.15, 0.2) is 3.94 Å². The second kappa shape index (κ2) is 9.54. The van der Waals surface area contributed by atoms with Crippen LogP contribution in [0.25, 0.3) is 0 Å². The third-order valence-electron chi connectivity index (χ3n) is 1.67. The Morgan fingerprint density at radius 1 is 1.33 bits per heavy atom. The minimum absolute atomic E-state index is 0.205. The van der Waals surface area contributed by atoms with Gasteiger partial charge in [-0.15, -0.1) is 23.5 Å². The summed E-state index contributed by atoms with van der Waals surface area (Å²) in [6.07, 6.45) is 0. The van der Waals surface area contributed by atoms with Crippen molar-refractivity contribution in [1.82, 2.24) is 5.32 Å². The monoisotopic (exact) mass is 327 g/mol. The highest BCUT2D eigenvalue weighted by Gasteiger charge is 2.32. The largest absolute Gasteiger partial charge is 0.465 e. The number of thioether (sulfide) groups is 2. The lowest BCUT2D eigenvalue weighted by Gasteiger charge is -2.31. The minimum atomic E-state index is -0.315. The summed E-state index contributed by atoms with van der Waals surface area (Å²) >= 11 is 8.78. The van der Waals surface area contributed by atoms with E-state index in [0.29, 0.717) is 17.1 Å². The van der Waals surface area contributed by atoms with Crippen molar-refractivity contribution in [3.05, 3.63) is 0 Å². The molecule has 0 fully saturated rings. The molecule has 0 saturated heterocycles. The molecule has 0 radical (unpaired) electrons. The SMILES string of the molecule is CCOC(=O)CNC(P=S)(SC(C)C)SC(C)C. The highest BCUT2D eigenvalue weighted by molar-refractivity contribution is 8.27. The van der Waals surface area contributed by atoms with Crippen LogP contribution in [-0.4, -0.2) is 33.6 Å². The Morgan fingerprint density at radius 2 is 1.83 bits per heavy atom. The van der Waals surface area contributed by atoms with E-state index in [4.69, 9.17) is 16.5 Å². The maximum atomic E-state index is 11.4. The number of ether oxygens (including phenoxy) is 1. The third kappa shape index (κ3) is 7.95. The van der Waals surface area contributed by atoms with Gasteiger partial charge in [-0.2, -0.15) is 0 Å². The Bertz CT molecular complexity index is 265. The Hall–Kier alpha value is 0.650. The summed E-state index contributed by atoms with van der Waals surface area (Å²) in [5, 5.41) is 4.16. The topological polar surface area (TPSA) is 38.3 Å². The Morgan fingerprint density at radius 3 is 2.17 bits per heavy atom. The first kappa shape index (κ1) is 18.7. The Balaban J connectivity index is 4.62. The van der Waals surface area contributed by atoms with Gasteiger partial charge in [-0.3, -0.25) is 10.1 Å². The first-order valence-corrected chi connectivity index (χ1v) is 9.62. The van der Waals surface area contributed by atoms with Gasteiger partial charge in [0, 0.05) is 17.9 Å². The fourth-order valence-corrected chi connectivity index (χ4v) is 6.91. The summed E-state index contributed by atoms with van der Waals surface area (Å²) < 4.78 is 4.62. The van der Waals surface area contributed by atoms with Gasteiger partial charge in [0.1, 0.15) is 0 Å². The Kier molecular flexibility index (Phi) is 9.88. The zero-order valence-electron chi connectivity index (χ0n) is 11.6. The molecular weight excluding hydrogens is 305 g/mol. The molecule has 18 heavy (non-hydrogen) atoms. The van der Waals surface area contributed by atoms with Crippen LogP contribution < -0.4 is 5.32 Å². The lowest BCUT2D eigenvalue weighted by Crippen LogP contribution is -2.40. The van der Waals surface area contributed by atoms with E-state index in [9.17, 15) is 4.79 Å². The van der Waals surface area contributed by atoms with Gasteiger partial charge in [0.25, 0.3) is 0 Å². The van der Waals surface area contributed by atoms with Crippen molar-refractivity contribution >= 4 is 48.7 Å². The quantitative estimate of drug-likeness (QED) is 0.397.